The number of nitrogens with zero attached hydrogens (tertiary/aromatic N) is 2. The number of carbonyl (C=O) groups is 3. The molecule has 0 aromatic heterocycles. The van der Waals surface area contributed by atoms with Crippen LogP contribution < -0.4 is 15.5 Å². The van der Waals surface area contributed by atoms with Crippen LogP contribution in [0.3, 0.4) is 0 Å². The molecule has 2 aromatic rings. The lowest BCUT2D eigenvalue weighted by atomic mass is 9.90. The summed E-state index contributed by atoms with van der Waals surface area (Å²) in [6.07, 6.45) is -1.56. The second kappa shape index (κ2) is 11.8. The van der Waals surface area contributed by atoms with Crippen LogP contribution in [0.1, 0.15) is 48.0 Å². The van der Waals surface area contributed by atoms with E-state index in [0.29, 0.717) is 18.3 Å². The third-order valence-corrected chi connectivity index (χ3v) is 7.18. The Hall–Kier alpha value is -3.60. The highest BCUT2D eigenvalue weighted by Crippen LogP contribution is 2.30. The third kappa shape index (κ3) is 7.03. The van der Waals surface area contributed by atoms with E-state index in [1.807, 2.05) is 0 Å². The maximum atomic E-state index is 13.3. The second-order valence-electron chi connectivity index (χ2n) is 9.81. The van der Waals surface area contributed by atoms with E-state index in [4.69, 9.17) is 5.11 Å². The number of anilines is 1. The smallest absolute Gasteiger partial charge is 0.416 e. The largest absolute Gasteiger partial charge is 0.465 e. The van der Waals surface area contributed by atoms with Crippen LogP contribution in [0.15, 0.2) is 54.6 Å². The summed E-state index contributed by atoms with van der Waals surface area (Å²) in [5.74, 6) is -1.09. The van der Waals surface area contributed by atoms with Gasteiger partial charge in [-0.2, -0.15) is 13.2 Å². The van der Waals surface area contributed by atoms with Crippen molar-refractivity contribution in [1.82, 2.24) is 15.5 Å². The standard InChI is InChI=1S/C27H31F3N4O4/c28-27(29,30)19-6-4-5-18(15-19)25(36)34(23-7-2-1-3-8-23)17-24(35)31-21-13-14-33(16-21)22-11-9-20(10-12-22)32-26(37)38/h1-8,15,20-22,32H,9-14,16-17H2,(H,31,35)(H,37,38)/t20?,21-,22?/m1/s1. The molecule has 2 aromatic carbocycles. The first-order valence-corrected chi connectivity index (χ1v) is 12.7. The van der Waals surface area contributed by atoms with E-state index >= 15 is 0 Å². The van der Waals surface area contributed by atoms with Crippen molar-refractivity contribution < 1.29 is 32.7 Å². The topological polar surface area (TPSA) is 102 Å². The van der Waals surface area contributed by atoms with Crippen molar-refractivity contribution in [3.63, 3.8) is 0 Å². The van der Waals surface area contributed by atoms with Gasteiger partial charge in [-0.25, -0.2) is 4.79 Å². The summed E-state index contributed by atoms with van der Waals surface area (Å²) in [6, 6.07) is 12.8. The molecule has 8 nitrogen and oxygen atoms in total. The molecule has 3 amide bonds. The van der Waals surface area contributed by atoms with Crippen molar-refractivity contribution in [1.29, 1.82) is 0 Å². The van der Waals surface area contributed by atoms with Crippen LogP contribution in [-0.2, 0) is 11.0 Å². The zero-order chi connectivity index (χ0) is 27.3. The Kier molecular flexibility index (Phi) is 8.55. The number of hydrogen-bond donors (Lipinski definition) is 3. The van der Waals surface area contributed by atoms with Gasteiger partial charge in [0.05, 0.1) is 5.56 Å². The molecule has 1 heterocycles. The number of hydrogen-bond acceptors (Lipinski definition) is 4. The van der Waals surface area contributed by atoms with Gasteiger partial charge in [0.2, 0.25) is 5.91 Å². The van der Waals surface area contributed by atoms with Gasteiger partial charge in [0, 0.05) is 42.5 Å². The summed E-state index contributed by atoms with van der Waals surface area (Å²) >= 11 is 0. The molecule has 4 rings (SSSR count). The maximum Gasteiger partial charge on any atom is 0.416 e. The van der Waals surface area contributed by atoms with Gasteiger partial charge in [-0.1, -0.05) is 24.3 Å². The van der Waals surface area contributed by atoms with Gasteiger partial charge in [0.25, 0.3) is 5.91 Å². The van der Waals surface area contributed by atoms with E-state index in [1.165, 1.54) is 17.0 Å². The molecule has 0 spiro atoms. The predicted octanol–water partition coefficient (Wildman–Crippen LogP) is 4.12. The quantitative estimate of drug-likeness (QED) is 0.498. The average Bonchev–Trinajstić information content (AvgIpc) is 3.35. The monoisotopic (exact) mass is 532 g/mol. The number of para-hydroxylation sites is 1. The Bertz CT molecular complexity index is 1140. The van der Waals surface area contributed by atoms with Crippen LogP contribution in [0.4, 0.5) is 23.7 Å². The molecule has 38 heavy (non-hydrogen) atoms. The first-order valence-electron chi connectivity index (χ1n) is 12.7. The van der Waals surface area contributed by atoms with E-state index in [0.717, 1.165) is 50.8 Å². The zero-order valence-electron chi connectivity index (χ0n) is 20.8. The molecular formula is C27H31F3N4O4. The average molecular weight is 533 g/mol. The van der Waals surface area contributed by atoms with Crippen LogP contribution >= 0.6 is 0 Å². The van der Waals surface area contributed by atoms with Crippen molar-refractivity contribution in [3.8, 4) is 0 Å². The molecule has 1 saturated carbocycles. The third-order valence-electron chi connectivity index (χ3n) is 7.18. The summed E-state index contributed by atoms with van der Waals surface area (Å²) in [7, 11) is 0. The minimum absolute atomic E-state index is 0.0276. The minimum Gasteiger partial charge on any atom is -0.465 e. The molecule has 0 unspecified atom stereocenters. The van der Waals surface area contributed by atoms with Crippen molar-refractivity contribution in [2.45, 2.75) is 56.4 Å². The number of amides is 3. The summed E-state index contributed by atoms with van der Waals surface area (Å²) in [6.45, 7) is 1.13. The van der Waals surface area contributed by atoms with E-state index < -0.39 is 29.6 Å². The number of halogens is 3. The van der Waals surface area contributed by atoms with E-state index in [-0.39, 0.29) is 24.2 Å². The molecule has 1 saturated heterocycles. The summed E-state index contributed by atoms with van der Waals surface area (Å²) < 4.78 is 39.6. The number of benzene rings is 2. The zero-order valence-corrected chi connectivity index (χ0v) is 20.8. The highest BCUT2D eigenvalue weighted by Gasteiger charge is 2.34. The molecule has 0 radical (unpaired) electrons. The van der Waals surface area contributed by atoms with Gasteiger partial charge < -0.3 is 15.7 Å². The fourth-order valence-electron chi connectivity index (χ4n) is 5.29. The fraction of sp³-hybridized carbons (Fsp3) is 0.444. The van der Waals surface area contributed by atoms with Gasteiger partial charge in [-0.15, -0.1) is 0 Å². The number of nitrogens with one attached hydrogen (secondary N) is 2. The molecule has 204 valence electrons. The van der Waals surface area contributed by atoms with Gasteiger partial charge in [0.15, 0.2) is 0 Å². The van der Waals surface area contributed by atoms with Gasteiger partial charge >= 0.3 is 12.3 Å². The summed E-state index contributed by atoms with van der Waals surface area (Å²) in [4.78, 5) is 40.6. The Balaban J connectivity index is 1.37. The molecule has 1 aliphatic heterocycles. The van der Waals surface area contributed by atoms with Crippen LogP contribution in [0.5, 0.6) is 0 Å². The molecule has 2 fully saturated rings. The number of carbonyl (C=O) groups excluding carboxylic acids is 2. The second-order valence-corrected chi connectivity index (χ2v) is 9.81. The van der Waals surface area contributed by atoms with Crippen molar-refractivity contribution >= 4 is 23.6 Å². The van der Waals surface area contributed by atoms with Gasteiger partial charge in [-0.05, 0) is 62.4 Å². The predicted molar refractivity (Wildman–Crippen MR) is 135 cm³/mol. The Morgan fingerprint density at radius 1 is 0.921 bits per heavy atom. The van der Waals surface area contributed by atoms with E-state index in [9.17, 15) is 27.6 Å². The molecule has 2 aliphatic rings. The van der Waals surface area contributed by atoms with Gasteiger partial charge in [-0.3, -0.25) is 19.4 Å². The number of likely N-dealkylation sites (tertiary alicyclic amines) is 1. The molecule has 1 aliphatic carbocycles. The normalized spacial score (nSPS) is 22.0. The SMILES string of the molecule is O=C(O)NC1CCC(N2CC[C@@H](NC(=O)CN(C(=O)c3cccc(C(F)(F)F)c3)c3ccccc3)C2)CC1. The van der Waals surface area contributed by atoms with Crippen LogP contribution in [0.2, 0.25) is 0 Å². The highest BCUT2D eigenvalue weighted by atomic mass is 19.4. The molecule has 0 bridgehead atoms. The Morgan fingerprint density at radius 3 is 2.29 bits per heavy atom. The molecular weight excluding hydrogens is 501 g/mol. The molecule has 1 atom stereocenters. The number of rotatable bonds is 7. The summed E-state index contributed by atoms with van der Waals surface area (Å²) in [5.41, 5.74) is -0.680. The lowest BCUT2D eigenvalue weighted by Crippen LogP contribution is -2.47. The van der Waals surface area contributed by atoms with Crippen LogP contribution in [-0.4, -0.2) is 65.7 Å². The lowest BCUT2D eigenvalue weighted by molar-refractivity contribution is -0.137. The fourth-order valence-corrected chi connectivity index (χ4v) is 5.29. The summed E-state index contributed by atoms with van der Waals surface area (Å²) in [5, 5.41) is 14.4. The van der Waals surface area contributed by atoms with Gasteiger partial charge in [0.1, 0.15) is 6.54 Å². The Morgan fingerprint density at radius 2 is 1.63 bits per heavy atom. The van der Waals surface area contributed by atoms with Crippen LogP contribution in [0, 0.1) is 0 Å². The first-order chi connectivity index (χ1) is 18.1. The van der Waals surface area contributed by atoms with Crippen LogP contribution in [0.25, 0.3) is 0 Å². The maximum absolute atomic E-state index is 13.3. The van der Waals surface area contributed by atoms with Crippen molar-refractivity contribution in [3.05, 3.63) is 65.7 Å². The number of alkyl halides is 3. The molecule has 3 N–H and O–H groups in total. The number of carboxylic acid groups (broad SMARTS) is 1. The van der Waals surface area contributed by atoms with E-state index in [2.05, 4.69) is 15.5 Å². The molecule has 11 heteroatoms. The van der Waals surface area contributed by atoms with Crippen molar-refractivity contribution in [2.24, 2.45) is 0 Å². The Labute approximate surface area is 218 Å². The van der Waals surface area contributed by atoms with Crippen molar-refractivity contribution in [2.75, 3.05) is 24.5 Å². The minimum atomic E-state index is -4.59. The highest BCUT2D eigenvalue weighted by molar-refractivity contribution is 6.08. The first kappa shape index (κ1) is 27.4. The lowest BCUT2D eigenvalue weighted by Gasteiger charge is -2.34. The van der Waals surface area contributed by atoms with E-state index in [1.54, 1.807) is 30.3 Å².